The molecule has 0 bridgehead atoms. The molecule has 34 heavy (non-hydrogen) atoms. The van der Waals surface area contributed by atoms with Crippen molar-refractivity contribution in [2.24, 2.45) is 0 Å². The number of nitrogens with zero attached hydrogens (tertiary/aromatic N) is 1. The fourth-order valence-corrected chi connectivity index (χ4v) is 5.57. The minimum atomic E-state index is -6.27. The second-order valence-electron chi connectivity index (χ2n) is 7.15. The molecule has 0 saturated heterocycles. The number of alkyl halides is 3. The van der Waals surface area contributed by atoms with E-state index in [0.29, 0.717) is 22.7 Å². The Balaban J connectivity index is 2.43. The van der Waals surface area contributed by atoms with Crippen molar-refractivity contribution in [3.63, 3.8) is 0 Å². The van der Waals surface area contributed by atoms with Gasteiger partial charge in [0.05, 0.1) is 17.7 Å². The lowest BCUT2D eigenvalue weighted by molar-refractivity contribution is -0.136. The fraction of sp³-hybridized carbons (Fsp3) is 0.286. The van der Waals surface area contributed by atoms with Gasteiger partial charge in [0, 0.05) is 5.56 Å². The molecule has 0 radical (unpaired) electrons. The number of para-hydroxylation sites is 1. The number of aryl methyl sites for hydroxylation is 1. The molecule has 0 N–H and O–H groups in total. The van der Waals surface area contributed by atoms with E-state index in [2.05, 4.69) is 8.92 Å². The van der Waals surface area contributed by atoms with E-state index in [4.69, 9.17) is 0 Å². The van der Waals surface area contributed by atoms with Crippen LogP contribution in [-0.2, 0) is 40.3 Å². The second kappa shape index (κ2) is 9.29. The lowest BCUT2D eigenvalue weighted by Crippen LogP contribution is -2.40. The molecule has 0 amide bonds. The Hall–Kier alpha value is -3.06. The van der Waals surface area contributed by atoms with E-state index in [1.807, 2.05) is 6.92 Å². The number of esters is 1. The molecule has 13 heteroatoms. The maximum atomic E-state index is 13.6. The molecule has 1 aliphatic heterocycles. The van der Waals surface area contributed by atoms with E-state index in [0.717, 1.165) is 25.7 Å². The van der Waals surface area contributed by atoms with Crippen LogP contribution in [0.15, 0.2) is 59.1 Å². The number of ether oxygens (including phenoxy) is 1. The molecule has 0 unspecified atom stereocenters. The summed E-state index contributed by atoms with van der Waals surface area (Å²) in [4.78, 5) is 12.2. The summed E-state index contributed by atoms with van der Waals surface area (Å²) in [5, 5.41) is 0. The number of sulfonamides is 1. The summed E-state index contributed by atoms with van der Waals surface area (Å²) < 4.78 is 100. The van der Waals surface area contributed by atoms with Crippen LogP contribution in [0.2, 0.25) is 0 Å². The van der Waals surface area contributed by atoms with Gasteiger partial charge in [-0.3, -0.25) is 0 Å². The number of rotatable bonds is 7. The molecule has 8 nitrogen and oxygen atoms in total. The third-order valence-corrected chi connectivity index (χ3v) is 7.66. The lowest BCUT2D eigenvalue weighted by Gasteiger charge is -2.33. The zero-order valence-corrected chi connectivity index (χ0v) is 19.6. The number of methoxy groups -OCH3 is 1. The standard InChI is InChI=1S/C21H20F3NO7S2/c1-3-4-9-14-10-5-7-12-16(14)25-18(20(26)31-2)19(32-34(29,30)21(22,23)24)15-11-6-8-13-17(15)33(25,27)28/h5-8,10-13H,3-4,9H2,1-2H3. The number of halogens is 3. The van der Waals surface area contributed by atoms with Crippen molar-refractivity contribution >= 4 is 37.6 Å². The molecular weight excluding hydrogens is 499 g/mol. The Kier molecular flexibility index (Phi) is 6.99. The maximum absolute atomic E-state index is 13.6. The summed E-state index contributed by atoms with van der Waals surface area (Å²) in [6.07, 6.45) is 1.78. The van der Waals surface area contributed by atoms with Gasteiger partial charge in [0.2, 0.25) is 0 Å². The highest BCUT2D eigenvalue weighted by Crippen LogP contribution is 2.43. The Labute approximate surface area is 194 Å². The van der Waals surface area contributed by atoms with Gasteiger partial charge in [0.25, 0.3) is 10.0 Å². The topological polar surface area (TPSA) is 107 Å². The number of hydrogen-bond donors (Lipinski definition) is 0. The van der Waals surface area contributed by atoms with Gasteiger partial charge < -0.3 is 8.92 Å². The average molecular weight is 520 g/mol. The zero-order valence-electron chi connectivity index (χ0n) is 18.0. The highest BCUT2D eigenvalue weighted by Gasteiger charge is 2.52. The minimum Gasteiger partial charge on any atom is -0.464 e. The number of carbonyl (C=O) groups is 1. The number of benzene rings is 2. The van der Waals surface area contributed by atoms with Gasteiger partial charge in [0.15, 0.2) is 11.5 Å². The van der Waals surface area contributed by atoms with Gasteiger partial charge in [0.1, 0.15) is 0 Å². The van der Waals surface area contributed by atoms with Crippen molar-refractivity contribution in [2.45, 2.75) is 36.6 Å². The molecule has 3 rings (SSSR count). The van der Waals surface area contributed by atoms with E-state index in [1.165, 1.54) is 24.3 Å². The van der Waals surface area contributed by atoms with Crippen LogP contribution in [-0.4, -0.2) is 35.4 Å². The quantitative estimate of drug-likeness (QED) is 0.310. The summed E-state index contributed by atoms with van der Waals surface area (Å²) >= 11 is 0. The Morgan fingerprint density at radius 1 is 1.06 bits per heavy atom. The van der Waals surface area contributed by atoms with E-state index < -0.39 is 53.5 Å². The molecule has 1 aliphatic rings. The maximum Gasteiger partial charge on any atom is 0.534 e. The summed E-state index contributed by atoms with van der Waals surface area (Å²) in [5.41, 5.74) is -6.96. The van der Waals surface area contributed by atoms with Crippen molar-refractivity contribution in [3.8, 4) is 0 Å². The van der Waals surface area contributed by atoms with Crippen LogP contribution < -0.4 is 4.31 Å². The number of hydrogen-bond acceptors (Lipinski definition) is 7. The van der Waals surface area contributed by atoms with Crippen molar-refractivity contribution in [1.82, 2.24) is 0 Å². The van der Waals surface area contributed by atoms with Gasteiger partial charge in [-0.05, 0) is 36.6 Å². The molecule has 0 spiro atoms. The molecule has 0 saturated carbocycles. The third kappa shape index (κ3) is 4.49. The third-order valence-electron chi connectivity index (χ3n) is 4.93. The van der Waals surface area contributed by atoms with Crippen molar-refractivity contribution in [2.75, 3.05) is 11.4 Å². The van der Waals surface area contributed by atoms with Crippen LogP contribution in [0.1, 0.15) is 30.9 Å². The highest BCUT2D eigenvalue weighted by atomic mass is 32.2. The van der Waals surface area contributed by atoms with Gasteiger partial charge in [-0.1, -0.05) is 43.7 Å². The first-order valence-electron chi connectivity index (χ1n) is 9.92. The first-order chi connectivity index (χ1) is 15.9. The molecule has 0 aliphatic carbocycles. The van der Waals surface area contributed by atoms with Crippen molar-refractivity contribution in [1.29, 1.82) is 0 Å². The van der Waals surface area contributed by atoms with E-state index in [9.17, 15) is 34.8 Å². The summed E-state index contributed by atoms with van der Waals surface area (Å²) in [7, 11) is -9.99. The number of anilines is 1. The Morgan fingerprint density at radius 2 is 1.68 bits per heavy atom. The molecule has 0 fully saturated rings. The van der Waals surface area contributed by atoms with Crippen molar-refractivity contribution < 1.29 is 43.7 Å². The largest absolute Gasteiger partial charge is 0.534 e. The van der Waals surface area contributed by atoms with Crippen LogP contribution in [0.25, 0.3) is 5.76 Å². The predicted octanol–water partition coefficient (Wildman–Crippen LogP) is 3.95. The predicted molar refractivity (Wildman–Crippen MR) is 116 cm³/mol. The number of carbonyl (C=O) groups excluding carboxylic acids is 1. The summed E-state index contributed by atoms with van der Waals surface area (Å²) in [6.45, 7) is 1.91. The smallest absolute Gasteiger partial charge is 0.464 e. The number of fused-ring (bicyclic) bond motifs is 1. The highest BCUT2D eigenvalue weighted by molar-refractivity contribution is 7.93. The first kappa shape index (κ1) is 25.6. The molecular formula is C21H20F3NO7S2. The van der Waals surface area contributed by atoms with Crippen molar-refractivity contribution in [3.05, 3.63) is 65.4 Å². The van der Waals surface area contributed by atoms with Crippen LogP contribution in [0, 0.1) is 0 Å². The summed E-state index contributed by atoms with van der Waals surface area (Å²) in [6, 6.07) is 10.7. The zero-order chi connectivity index (χ0) is 25.3. The SMILES string of the molecule is CCCCc1ccccc1N1C(C(=O)OC)=C(OS(=O)(=O)C(F)(F)F)c2ccccc2S1(=O)=O. The second-order valence-corrected chi connectivity index (χ2v) is 10.4. The van der Waals surface area contributed by atoms with Crippen LogP contribution in [0.3, 0.4) is 0 Å². The molecule has 2 aromatic rings. The van der Waals surface area contributed by atoms with E-state index >= 15 is 0 Å². The van der Waals surface area contributed by atoms with Crippen LogP contribution in [0.5, 0.6) is 0 Å². The van der Waals surface area contributed by atoms with Gasteiger partial charge in [-0.25, -0.2) is 17.5 Å². The van der Waals surface area contributed by atoms with Crippen LogP contribution in [0.4, 0.5) is 18.9 Å². The molecule has 2 aromatic carbocycles. The number of unbranched alkanes of at least 4 members (excludes halogenated alkanes) is 1. The fourth-order valence-electron chi connectivity index (χ4n) is 3.37. The molecule has 0 atom stereocenters. The Bertz CT molecular complexity index is 1350. The van der Waals surface area contributed by atoms with E-state index in [1.54, 1.807) is 12.1 Å². The normalized spacial score (nSPS) is 15.6. The lowest BCUT2D eigenvalue weighted by atomic mass is 10.1. The van der Waals surface area contributed by atoms with Crippen LogP contribution >= 0.6 is 0 Å². The summed E-state index contributed by atoms with van der Waals surface area (Å²) in [5.74, 6) is -2.52. The Morgan fingerprint density at radius 3 is 2.29 bits per heavy atom. The van der Waals surface area contributed by atoms with Gasteiger partial charge >= 0.3 is 21.6 Å². The van der Waals surface area contributed by atoms with Gasteiger partial charge in [-0.2, -0.15) is 21.6 Å². The first-order valence-corrected chi connectivity index (χ1v) is 12.8. The molecule has 0 aromatic heterocycles. The molecule has 1 heterocycles. The van der Waals surface area contributed by atoms with Gasteiger partial charge in [-0.15, -0.1) is 0 Å². The average Bonchev–Trinajstić information content (AvgIpc) is 2.78. The molecule has 184 valence electrons. The monoisotopic (exact) mass is 519 g/mol. The van der Waals surface area contributed by atoms with E-state index in [-0.39, 0.29) is 5.69 Å². The minimum absolute atomic E-state index is 0.0450.